The first-order valence-electron chi connectivity index (χ1n) is 4.55. The van der Waals surface area contributed by atoms with Gasteiger partial charge in [-0.1, -0.05) is 0 Å². The molecule has 0 aliphatic heterocycles. The van der Waals surface area contributed by atoms with Gasteiger partial charge in [0.2, 0.25) is 0 Å². The summed E-state index contributed by atoms with van der Waals surface area (Å²) in [6.07, 6.45) is 0. The highest BCUT2D eigenvalue weighted by molar-refractivity contribution is 6.92. The van der Waals surface area contributed by atoms with Crippen molar-refractivity contribution in [1.29, 1.82) is 0 Å². The van der Waals surface area contributed by atoms with Gasteiger partial charge in [0.05, 0.1) is 0 Å². The Morgan fingerprint density at radius 1 is 1.00 bits per heavy atom. The van der Waals surface area contributed by atoms with E-state index in [0.29, 0.717) is 19.8 Å². The highest BCUT2D eigenvalue weighted by Gasteiger charge is 2.46. The minimum atomic E-state index is -3.01. The van der Waals surface area contributed by atoms with Crippen molar-refractivity contribution < 1.29 is 18.1 Å². The first-order valence-corrected chi connectivity index (χ1v) is 6.28. The van der Waals surface area contributed by atoms with Crippen molar-refractivity contribution in [1.82, 2.24) is 0 Å². The summed E-state index contributed by atoms with van der Waals surface area (Å²) >= 11 is 0. The van der Waals surface area contributed by atoms with Gasteiger partial charge in [-0.2, -0.15) is 0 Å². The van der Waals surface area contributed by atoms with E-state index in [0.717, 1.165) is 0 Å². The first-order chi connectivity index (χ1) is 6.13. The topological polar surface area (TPSA) is 44.8 Å². The van der Waals surface area contributed by atoms with Gasteiger partial charge in [0.15, 0.2) is 5.41 Å². The van der Waals surface area contributed by atoms with Crippen molar-refractivity contribution in [2.24, 2.45) is 0 Å². The van der Waals surface area contributed by atoms with Crippen LogP contribution in [0.4, 0.5) is 0 Å². The first kappa shape index (κ1) is 12.8. The lowest BCUT2D eigenvalue weighted by Crippen LogP contribution is -2.52. The smallest absolute Gasteiger partial charge is 0.369 e. The van der Waals surface area contributed by atoms with E-state index in [2.05, 4.69) is 0 Å². The molecule has 0 amide bonds. The molecule has 0 N–H and O–H groups in total. The number of hydrogen-bond donors (Lipinski definition) is 0. The van der Waals surface area contributed by atoms with Crippen molar-refractivity contribution >= 4 is 14.2 Å². The second kappa shape index (κ2) is 6.26. The van der Waals surface area contributed by atoms with Crippen LogP contribution in [0.2, 0.25) is 0 Å². The van der Waals surface area contributed by atoms with E-state index in [9.17, 15) is 4.79 Å². The molecule has 0 saturated carbocycles. The number of carbonyl (C=O) groups is 1. The molecule has 4 nitrogen and oxygen atoms in total. The van der Waals surface area contributed by atoms with E-state index in [1.165, 1.54) is 6.92 Å². The van der Waals surface area contributed by atoms with Crippen molar-refractivity contribution in [3.63, 3.8) is 0 Å². The standard InChI is InChI=1S/C8H18O4Si/c1-5-10-13(8(4)9,11-6-2)12-7-3/h5-7H2,1-4H3. The number of carbonyl (C=O) groups excluding carboxylic acids is 1. The van der Waals surface area contributed by atoms with Crippen LogP contribution in [0.15, 0.2) is 0 Å². The zero-order chi connectivity index (χ0) is 10.3. The summed E-state index contributed by atoms with van der Waals surface area (Å²) in [4.78, 5) is 11.3. The maximum absolute atomic E-state index is 11.3. The Morgan fingerprint density at radius 2 is 1.31 bits per heavy atom. The summed E-state index contributed by atoms with van der Waals surface area (Å²) in [5.41, 5.74) is 0. The van der Waals surface area contributed by atoms with Crippen LogP contribution in [-0.4, -0.2) is 34.0 Å². The van der Waals surface area contributed by atoms with Crippen molar-refractivity contribution in [3.8, 4) is 0 Å². The predicted octanol–water partition coefficient (Wildman–Crippen LogP) is 1.16. The fraction of sp³-hybridized carbons (Fsp3) is 0.875. The second-order valence-corrected chi connectivity index (χ2v) is 5.09. The van der Waals surface area contributed by atoms with Gasteiger partial charge in [-0.25, -0.2) is 0 Å². The summed E-state index contributed by atoms with van der Waals surface area (Å²) in [6, 6.07) is 0. The molecular formula is C8H18O4Si. The summed E-state index contributed by atoms with van der Waals surface area (Å²) in [5.74, 6) is 0. The minimum absolute atomic E-state index is 0.127. The Bertz CT molecular complexity index is 143. The highest BCUT2D eigenvalue weighted by atomic mass is 28.4. The number of rotatable bonds is 7. The molecule has 0 saturated heterocycles. The minimum Gasteiger partial charge on any atom is -0.369 e. The monoisotopic (exact) mass is 206 g/mol. The van der Waals surface area contributed by atoms with E-state index in [4.69, 9.17) is 13.3 Å². The van der Waals surface area contributed by atoms with Gasteiger partial charge in [-0.15, -0.1) is 0 Å². The van der Waals surface area contributed by atoms with Crippen molar-refractivity contribution in [3.05, 3.63) is 0 Å². The maximum Gasteiger partial charge on any atom is 0.574 e. The highest BCUT2D eigenvalue weighted by Crippen LogP contribution is 2.10. The Hall–Kier alpha value is -0.233. The normalized spacial score (nSPS) is 11.7. The summed E-state index contributed by atoms with van der Waals surface area (Å²) in [6.45, 7) is 8.23. The molecule has 0 aromatic rings. The lowest BCUT2D eigenvalue weighted by Gasteiger charge is -2.25. The molecule has 0 rings (SSSR count). The maximum atomic E-state index is 11.3. The van der Waals surface area contributed by atoms with E-state index < -0.39 is 8.80 Å². The molecule has 0 aromatic heterocycles. The third-order valence-electron chi connectivity index (χ3n) is 1.43. The molecule has 0 fully saturated rings. The fourth-order valence-corrected chi connectivity index (χ4v) is 3.00. The third-order valence-corrected chi connectivity index (χ3v) is 4.30. The molecule has 0 atom stereocenters. The summed E-state index contributed by atoms with van der Waals surface area (Å²) < 4.78 is 16.0. The number of hydrogen-bond acceptors (Lipinski definition) is 4. The molecular weight excluding hydrogens is 188 g/mol. The summed E-state index contributed by atoms with van der Waals surface area (Å²) in [5, 5.41) is -0.127. The van der Waals surface area contributed by atoms with Crippen LogP contribution in [0, 0.1) is 0 Å². The average molecular weight is 206 g/mol. The van der Waals surface area contributed by atoms with Crippen molar-refractivity contribution in [2.45, 2.75) is 27.7 Å². The zero-order valence-corrected chi connectivity index (χ0v) is 9.75. The third kappa shape index (κ3) is 3.56. The fourth-order valence-electron chi connectivity index (χ4n) is 1.000. The van der Waals surface area contributed by atoms with Crippen LogP contribution in [-0.2, 0) is 18.1 Å². The molecule has 0 bridgehead atoms. The van der Waals surface area contributed by atoms with Gasteiger partial charge in [0.1, 0.15) is 0 Å². The van der Waals surface area contributed by atoms with Gasteiger partial charge in [0.25, 0.3) is 0 Å². The largest absolute Gasteiger partial charge is 0.574 e. The SMILES string of the molecule is CCO[Si](OCC)(OCC)C(C)=O. The van der Waals surface area contributed by atoms with E-state index in [1.54, 1.807) is 0 Å². The Balaban J connectivity index is 4.48. The molecule has 5 heteroatoms. The van der Waals surface area contributed by atoms with Gasteiger partial charge >= 0.3 is 8.80 Å². The summed E-state index contributed by atoms with van der Waals surface area (Å²) in [7, 11) is -3.01. The lowest BCUT2D eigenvalue weighted by atomic mass is 10.9. The van der Waals surface area contributed by atoms with Gasteiger partial charge in [-0.05, 0) is 27.7 Å². The molecule has 0 radical (unpaired) electrons. The molecule has 0 unspecified atom stereocenters. The van der Waals surface area contributed by atoms with Crippen LogP contribution >= 0.6 is 0 Å². The molecule has 0 aliphatic rings. The van der Waals surface area contributed by atoms with Crippen LogP contribution in [0.1, 0.15) is 27.7 Å². The van der Waals surface area contributed by atoms with Crippen LogP contribution in [0.3, 0.4) is 0 Å². The molecule has 0 aliphatic carbocycles. The van der Waals surface area contributed by atoms with Gasteiger partial charge < -0.3 is 13.3 Å². The van der Waals surface area contributed by atoms with Gasteiger partial charge in [0, 0.05) is 19.8 Å². The molecule has 78 valence electrons. The second-order valence-electron chi connectivity index (χ2n) is 2.41. The van der Waals surface area contributed by atoms with Gasteiger partial charge in [-0.3, -0.25) is 4.79 Å². The van der Waals surface area contributed by atoms with E-state index >= 15 is 0 Å². The van der Waals surface area contributed by atoms with E-state index in [-0.39, 0.29) is 5.41 Å². The van der Waals surface area contributed by atoms with Crippen molar-refractivity contribution in [2.75, 3.05) is 19.8 Å². The predicted molar refractivity (Wildman–Crippen MR) is 51.3 cm³/mol. The molecule has 0 heterocycles. The quantitative estimate of drug-likeness (QED) is 0.586. The van der Waals surface area contributed by atoms with Crippen LogP contribution in [0.25, 0.3) is 0 Å². The molecule has 0 aromatic carbocycles. The zero-order valence-electron chi connectivity index (χ0n) is 8.75. The van der Waals surface area contributed by atoms with Crippen LogP contribution in [0.5, 0.6) is 0 Å². The van der Waals surface area contributed by atoms with Crippen LogP contribution < -0.4 is 0 Å². The van der Waals surface area contributed by atoms with E-state index in [1.807, 2.05) is 20.8 Å². The molecule has 0 spiro atoms. The molecule has 13 heavy (non-hydrogen) atoms. The Labute approximate surface area is 80.5 Å². The lowest BCUT2D eigenvalue weighted by molar-refractivity contribution is -0.117. The average Bonchev–Trinajstić information content (AvgIpc) is 2.05. The Kier molecular flexibility index (Phi) is 6.14. The Morgan fingerprint density at radius 3 is 1.46 bits per heavy atom.